The molecule has 3 aromatic rings. The molecule has 0 radical (unpaired) electrons. The number of benzene rings is 1. The molecule has 3 rings (SSSR count). The van der Waals surface area contributed by atoms with Gasteiger partial charge in [-0.05, 0) is 50.4 Å². The molecular weight excluding hydrogens is 491 g/mol. The zero-order valence-corrected chi connectivity index (χ0v) is 21.2. The van der Waals surface area contributed by atoms with Crippen molar-refractivity contribution in [1.29, 1.82) is 0 Å². The molecule has 2 heterocycles. The van der Waals surface area contributed by atoms with E-state index in [4.69, 9.17) is 9.57 Å². The third-order valence-corrected chi connectivity index (χ3v) is 5.75. The summed E-state index contributed by atoms with van der Waals surface area (Å²) in [6, 6.07) is 4.99. The van der Waals surface area contributed by atoms with E-state index in [2.05, 4.69) is 5.16 Å². The highest BCUT2D eigenvalue weighted by Crippen LogP contribution is 2.20. The average molecular weight is 517 g/mol. The number of rotatable bonds is 9. The van der Waals surface area contributed by atoms with Crippen LogP contribution in [0, 0.1) is 5.82 Å². The molecule has 0 saturated heterocycles. The predicted molar refractivity (Wildman–Crippen MR) is 133 cm³/mol. The lowest BCUT2D eigenvalue weighted by Gasteiger charge is -2.21. The molecule has 0 saturated carbocycles. The quantitative estimate of drug-likeness (QED) is 0.246. The van der Waals surface area contributed by atoms with E-state index in [1.165, 1.54) is 38.5 Å². The van der Waals surface area contributed by atoms with Gasteiger partial charge < -0.3 is 9.57 Å². The number of aromatic nitrogens is 2. The SMILES string of the molecule is COc1ccc(F)cc1C(=O)Cn1cc(/C(C)=N/OC(C)C)c(=O)n(N(C)C(=O)c2ccsc2)c1=O. The Bertz CT molecular complexity index is 1430. The monoisotopic (exact) mass is 516 g/mol. The Morgan fingerprint density at radius 3 is 2.53 bits per heavy atom. The number of hydrogen-bond donors (Lipinski definition) is 0. The lowest BCUT2D eigenvalue weighted by atomic mass is 10.1. The lowest BCUT2D eigenvalue weighted by Crippen LogP contribution is -2.54. The largest absolute Gasteiger partial charge is 0.496 e. The van der Waals surface area contributed by atoms with E-state index in [9.17, 15) is 23.6 Å². The van der Waals surface area contributed by atoms with E-state index in [1.54, 1.807) is 30.7 Å². The first-order valence-electron chi connectivity index (χ1n) is 10.8. The van der Waals surface area contributed by atoms with Crippen molar-refractivity contribution in [2.45, 2.75) is 33.4 Å². The molecule has 190 valence electrons. The Labute approximate surface area is 209 Å². The van der Waals surface area contributed by atoms with Gasteiger partial charge in [0.15, 0.2) is 5.78 Å². The molecule has 2 aromatic heterocycles. The molecule has 1 aromatic carbocycles. The Balaban J connectivity index is 2.16. The van der Waals surface area contributed by atoms with Crippen molar-refractivity contribution in [1.82, 2.24) is 9.24 Å². The Kier molecular flexibility index (Phi) is 8.20. The number of oxime groups is 1. The molecule has 0 bridgehead atoms. The molecule has 0 N–H and O–H groups in total. The number of ketones is 1. The summed E-state index contributed by atoms with van der Waals surface area (Å²) < 4.78 is 20.6. The maximum absolute atomic E-state index is 13.8. The minimum Gasteiger partial charge on any atom is -0.496 e. The van der Waals surface area contributed by atoms with Crippen LogP contribution in [-0.2, 0) is 11.4 Å². The standard InChI is InChI=1S/C24H25FN4O6S/c1-14(2)35-26-15(3)19-11-28(12-20(30)18-10-17(25)6-7-21(18)34-5)24(33)29(23(19)32)27(4)22(31)16-8-9-36-13-16/h6-11,13-14H,12H2,1-5H3/b26-15+. The van der Waals surface area contributed by atoms with E-state index in [1.807, 2.05) is 0 Å². The number of hydrogen-bond acceptors (Lipinski definition) is 8. The highest BCUT2D eigenvalue weighted by atomic mass is 32.1. The predicted octanol–water partition coefficient (Wildman–Crippen LogP) is 2.66. The fourth-order valence-electron chi connectivity index (χ4n) is 3.25. The van der Waals surface area contributed by atoms with E-state index >= 15 is 0 Å². The van der Waals surface area contributed by atoms with Crippen LogP contribution >= 0.6 is 11.3 Å². The third-order valence-electron chi connectivity index (χ3n) is 5.06. The Morgan fingerprint density at radius 1 is 1.19 bits per heavy atom. The molecule has 0 aliphatic heterocycles. The number of nitrogens with zero attached hydrogens (tertiary/aromatic N) is 4. The van der Waals surface area contributed by atoms with Crippen molar-refractivity contribution >= 4 is 28.7 Å². The summed E-state index contributed by atoms with van der Waals surface area (Å²) >= 11 is 1.28. The van der Waals surface area contributed by atoms with Crippen LogP contribution < -0.4 is 21.0 Å². The highest BCUT2D eigenvalue weighted by Gasteiger charge is 2.24. The Morgan fingerprint density at radius 2 is 1.92 bits per heavy atom. The topological polar surface area (TPSA) is 112 Å². The van der Waals surface area contributed by atoms with Gasteiger partial charge in [-0.25, -0.2) is 14.2 Å². The number of methoxy groups -OCH3 is 1. The Hall–Kier alpha value is -4.06. The van der Waals surface area contributed by atoms with Gasteiger partial charge in [-0.1, -0.05) is 5.16 Å². The first-order valence-corrected chi connectivity index (χ1v) is 11.7. The van der Waals surface area contributed by atoms with Gasteiger partial charge in [0, 0.05) is 18.6 Å². The molecule has 0 spiro atoms. The summed E-state index contributed by atoms with van der Waals surface area (Å²) in [5.41, 5.74) is -1.52. The maximum atomic E-state index is 13.8. The number of amides is 1. The lowest BCUT2D eigenvalue weighted by molar-refractivity contribution is 0.0859. The number of halogens is 1. The summed E-state index contributed by atoms with van der Waals surface area (Å²) in [4.78, 5) is 57.9. The van der Waals surface area contributed by atoms with Crippen LogP contribution in [-0.4, -0.2) is 46.9 Å². The van der Waals surface area contributed by atoms with Gasteiger partial charge in [0.1, 0.15) is 17.7 Å². The number of carbonyl (C=O) groups excluding carboxylic acids is 2. The van der Waals surface area contributed by atoms with Gasteiger partial charge in [-0.2, -0.15) is 16.0 Å². The van der Waals surface area contributed by atoms with Crippen LogP contribution in [0.3, 0.4) is 0 Å². The van der Waals surface area contributed by atoms with Crippen LogP contribution in [0.2, 0.25) is 0 Å². The molecule has 12 heteroatoms. The van der Waals surface area contributed by atoms with Crippen molar-refractivity contribution in [2.24, 2.45) is 5.16 Å². The number of ether oxygens (including phenoxy) is 1. The van der Waals surface area contributed by atoms with Crippen molar-refractivity contribution in [3.8, 4) is 5.75 Å². The van der Waals surface area contributed by atoms with Gasteiger partial charge in [0.2, 0.25) is 0 Å². The van der Waals surface area contributed by atoms with Gasteiger partial charge in [-0.3, -0.25) is 19.0 Å². The smallest absolute Gasteiger partial charge is 0.350 e. The molecule has 0 fully saturated rings. The minimum absolute atomic E-state index is 0.0702. The van der Waals surface area contributed by atoms with E-state index in [-0.39, 0.29) is 34.3 Å². The maximum Gasteiger partial charge on any atom is 0.350 e. The van der Waals surface area contributed by atoms with E-state index in [0.717, 1.165) is 27.9 Å². The van der Waals surface area contributed by atoms with Crippen molar-refractivity contribution in [2.75, 3.05) is 19.2 Å². The molecular formula is C24H25FN4O6S. The van der Waals surface area contributed by atoms with Gasteiger partial charge >= 0.3 is 5.69 Å². The van der Waals surface area contributed by atoms with Crippen LogP contribution in [0.25, 0.3) is 0 Å². The molecule has 36 heavy (non-hydrogen) atoms. The van der Waals surface area contributed by atoms with Crippen LogP contribution in [0.4, 0.5) is 4.39 Å². The average Bonchev–Trinajstić information content (AvgIpc) is 3.38. The zero-order chi connectivity index (χ0) is 26.6. The van der Waals surface area contributed by atoms with Gasteiger partial charge in [-0.15, -0.1) is 0 Å². The van der Waals surface area contributed by atoms with Crippen LogP contribution in [0.5, 0.6) is 5.75 Å². The summed E-state index contributed by atoms with van der Waals surface area (Å²) in [6.07, 6.45) is 0.883. The number of carbonyl (C=O) groups is 2. The summed E-state index contributed by atoms with van der Waals surface area (Å²) in [6.45, 7) is 4.42. The van der Waals surface area contributed by atoms with Gasteiger partial charge in [0.05, 0.1) is 36.1 Å². The third kappa shape index (κ3) is 5.60. The van der Waals surface area contributed by atoms with Gasteiger partial charge in [0.25, 0.3) is 11.5 Å². The second-order valence-corrected chi connectivity index (χ2v) is 8.79. The zero-order valence-electron chi connectivity index (χ0n) is 20.4. The molecule has 0 aliphatic carbocycles. The summed E-state index contributed by atoms with van der Waals surface area (Å²) in [5.74, 6) is -1.79. The summed E-state index contributed by atoms with van der Waals surface area (Å²) in [7, 11) is 2.60. The highest BCUT2D eigenvalue weighted by molar-refractivity contribution is 7.08. The minimum atomic E-state index is -0.948. The molecule has 0 unspecified atom stereocenters. The van der Waals surface area contributed by atoms with Crippen LogP contribution in [0.15, 0.2) is 56.0 Å². The van der Waals surface area contributed by atoms with E-state index < -0.39 is 35.3 Å². The molecule has 0 atom stereocenters. The van der Waals surface area contributed by atoms with Crippen molar-refractivity contribution < 1.29 is 23.6 Å². The van der Waals surface area contributed by atoms with E-state index in [0.29, 0.717) is 4.68 Å². The first kappa shape index (κ1) is 26.5. The fraction of sp³-hybridized carbons (Fsp3) is 0.292. The van der Waals surface area contributed by atoms with Crippen LogP contribution in [0.1, 0.15) is 47.1 Å². The first-order chi connectivity index (χ1) is 17.0. The van der Waals surface area contributed by atoms with Crippen molar-refractivity contribution in [3.63, 3.8) is 0 Å². The molecule has 1 amide bonds. The number of thiophene rings is 1. The van der Waals surface area contributed by atoms with Crippen molar-refractivity contribution in [3.05, 3.63) is 84.6 Å². The second-order valence-electron chi connectivity index (χ2n) is 8.01. The fourth-order valence-corrected chi connectivity index (χ4v) is 3.88. The summed E-state index contributed by atoms with van der Waals surface area (Å²) in [5, 5.41) is 8.06. The number of Topliss-reactive ketones (excluding diaryl/α,β-unsaturated/α-hetero) is 1. The normalized spacial score (nSPS) is 11.5. The molecule has 0 aliphatic rings. The second kappa shape index (κ2) is 11.1. The molecule has 10 nitrogen and oxygen atoms in total.